The quantitative estimate of drug-likeness (QED) is 0.747. The van der Waals surface area contributed by atoms with Crippen LogP contribution in [0.2, 0.25) is 0 Å². The molecule has 0 amide bonds. The predicted octanol–water partition coefficient (Wildman–Crippen LogP) is 3.16. The fraction of sp³-hybridized carbons (Fsp3) is 0.667. The fourth-order valence-electron chi connectivity index (χ4n) is 2.06. The van der Waals surface area contributed by atoms with Gasteiger partial charge in [0, 0.05) is 12.0 Å². The number of allylic oxidation sites excluding steroid dienone is 1. The Bertz CT molecular complexity index is 331. The molecule has 0 radical (unpaired) electrons. The third-order valence-corrected chi connectivity index (χ3v) is 2.94. The van der Waals surface area contributed by atoms with Gasteiger partial charge < -0.3 is 9.84 Å². The van der Waals surface area contributed by atoms with Crippen LogP contribution in [0, 0.1) is 16.7 Å². The summed E-state index contributed by atoms with van der Waals surface area (Å²) in [4.78, 5) is 10.9. The van der Waals surface area contributed by atoms with Crippen LogP contribution in [0.15, 0.2) is 28.3 Å². The molecule has 0 heterocycles. The maximum Gasteiger partial charge on any atom is 0.127 e. The summed E-state index contributed by atoms with van der Waals surface area (Å²) in [6.45, 7) is 8.17. The molecule has 0 aromatic heterocycles. The summed E-state index contributed by atoms with van der Waals surface area (Å²) in [6, 6.07) is -0.522. The van der Waals surface area contributed by atoms with Gasteiger partial charge in [-0.05, 0) is 25.3 Å². The summed E-state index contributed by atoms with van der Waals surface area (Å²) in [5.74, 6) is 0.923. The number of ether oxygens (including phenoxy) is 1. The molecular weight excluding hydrogens is 206 g/mol. The molecule has 2 unspecified atom stereocenters. The van der Waals surface area contributed by atoms with Gasteiger partial charge in [0.05, 0.1) is 6.61 Å². The fourth-order valence-corrected chi connectivity index (χ4v) is 2.06. The lowest BCUT2D eigenvalue weighted by Crippen LogP contribution is -2.31. The van der Waals surface area contributed by atoms with E-state index in [4.69, 9.17) is 4.74 Å². The minimum Gasteiger partial charge on any atom is -0.508 e. The molecule has 0 aromatic carbocycles. The Kier molecular flexibility index (Phi) is 4.10. The van der Waals surface area contributed by atoms with Gasteiger partial charge in [-0.3, -0.25) is 0 Å². The summed E-state index contributed by atoms with van der Waals surface area (Å²) in [5, 5.41) is 12.8. The van der Waals surface area contributed by atoms with Gasteiger partial charge in [0.15, 0.2) is 0 Å². The van der Waals surface area contributed by atoms with Crippen LogP contribution in [0.5, 0.6) is 0 Å². The molecule has 4 heteroatoms. The third-order valence-electron chi connectivity index (χ3n) is 2.94. The van der Waals surface area contributed by atoms with Gasteiger partial charge in [0.2, 0.25) is 0 Å². The first-order valence-corrected chi connectivity index (χ1v) is 5.59. The van der Waals surface area contributed by atoms with Crippen LogP contribution >= 0.6 is 0 Å². The molecule has 0 aliphatic heterocycles. The molecule has 0 saturated carbocycles. The van der Waals surface area contributed by atoms with Crippen molar-refractivity contribution in [1.82, 2.24) is 0 Å². The van der Waals surface area contributed by atoms with Crippen LogP contribution < -0.4 is 0 Å². The summed E-state index contributed by atoms with van der Waals surface area (Å²) in [5.41, 5.74) is 0.622. The first kappa shape index (κ1) is 12.7. The molecule has 1 N–H and O–H groups in total. The van der Waals surface area contributed by atoms with Crippen LogP contribution in [0.1, 0.15) is 27.7 Å². The van der Waals surface area contributed by atoms with E-state index in [0.717, 1.165) is 0 Å². The van der Waals surface area contributed by atoms with E-state index in [1.165, 1.54) is 0 Å². The number of hydrogen-bond donors (Lipinski definition) is 1. The van der Waals surface area contributed by atoms with Crippen LogP contribution in [-0.4, -0.2) is 17.8 Å². The SMILES string of the molecule is CCOC1=CC(O)=C(C)C(N=O)C1C(C)C. The zero-order valence-electron chi connectivity index (χ0n) is 10.2. The van der Waals surface area contributed by atoms with Crippen LogP contribution in [-0.2, 0) is 4.74 Å². The van der Waals surface area contributed by atoms with Gasteiger partial charge in [-0.25, -0.2) is 0 Å². The Labute approximate surface area is 96.0 Å². The second-order valence-electron chi connectivity index (χ2n) is 4.37. The lowest BCUT2D eigenvalue weighted by atomic mass is 9.80. The van der Waals surface area contributed by atoms with Crippen LogP contribution in [0.3, 0.4) is 0 Å². The molecule has 4 nitrogen and oxygen atoms in total. The van der Waals surface area contributed by atoms with E-state index in [1.807, 2.05) is 20.8 Å². The van der Waals surface area contributed by atoms with Crippen LogP contribution in [0.25, 0.3) is 0 Å². The molecule has 1 aliphatic carbocycles. The molecule has 0 bridgehead atoms. The zero-order valence-corrected chi connectivity index (χ0v) is 10.2. The van der Waals surface area contributed by atoms with Crippen molar-refractivity contribution in [3.63, 3.8) is 0 Å². The zero-order chi connectivity index (χ0) is 12.3. The molecule has 0 spiro atoms. The van der Waals surface area contributed by atoms with E-state index < -0.39 is 6.04 Å². The molecule has 1 aliphatic rings. The average Bonchev–Trinajstić information content (AvgIpc) is 2.22. The standard InChI is InChI=1S/C12H19NO3/c1-5-16-10-6-9(14)8(4)12(13-15)11(10)7(2)3/h6-7,11-12,14H,5H2,1-4H3. The van der Waals surface area contributed by atoms with Gasteiger partial charge in [0.1, 0.15) is 17.6 Å². The van der Waals surface area contributed by atoms with Crippen molar-refractivity contribution in [1.29, 1.82) is 0 Å². The van der Waals surface area contributed by atoms with E-state index in [1.54, 1.807) is 13.0 Å². The molecule has 16 heavy (non-hydrogen) atoms. The Hall–Kier alpha value is -1.32. The van der Waals surface area contributed by atoms with Gasteiger partial charge in [0.25, 0.3) is 0 Å². The number of nitrogens with zero attached hydrogens (tertiary/aromatic N) is 1. The van der Waals surface area contributed by atoms with E-state index in [2.05, 4.69) is 5.18 Å². The van der Waals surface area contributed by atoms with Gasteiger partial charge >= 0.3 is 0 Å². The first-order valence-electron chi connectivity index (χ1n) is 5.59. The summed E-state index contributed by atoms with van der Waals surface area (Å²) in [7, 11) is 0. The highest BCUT2D eigenvalue weighted by Gasteiger charge is 2.36. The lowest BCUT2D eigenvalue weighted by Gasteiger charge is -2.31. The summed E-state index contributed by atoms with van der Waals surface area (Å²) < 4.78 is 5.48. The van der Waals surface area contributed by atoms with E-state index in [0.29, 0.717) is 17.9 Å². The molecule has 90 valence electrons. The highest BCUT2D eigenvalue weighted by molar-refractivity contribution is 5.33. The maximum atomic E-state index is 10.9. The van der Waals surface area contributed by atoms with Crippen LogP contribution in [0.4, 0.5) is 0 Å². The van der Waals surface area contributed by atoms with Gasteiger partial charge in [-0.15, -0.1) is 0 Å². The minimum absolute atomic E-state index is 0.0756. The van der Waals surface area contributed by atoms with Crippen molar-refractivity contribution in [2.24, 2.45) is 17.0 Å². The smallest absolute Gasteiger partial charge is 0.127 e. The normalized spacial score (nSPS) is 25.7. The van der Waals surface area contributed by atoms with Crippen molar-refractivity contribution < 1.29 is 9.84 Å². The molecular formula is C12H19NO3. The Morgan fingerprint density at radius 3 is 2.62 bits per heavy atom. The second kappa shape index (κ2) is 5.14. The highest BCUT2D eigenvalue weighted by atomic mass is 16.5. The first-order chi connectivity index (χ1) is 7.52. The molecule has 2 atom stereocenters. The minimum atomic E-state index is -0.522. The Balaban J connectivity index is 3.12. The van der Waals surface area contributed by atoms with E-state index >= 15 is 0 Å². The highest BCUT2D eigenvalue weighted by Crippen LogP contribution is 2.36. The number of aliphatic hydroxyl groups is 1. The average molecular weight is 225 g/mol. The monoisotopic (exact) mass is 225 g/mol. The van der Waals surface area contributed by atoms with Crippen molar-refractivity contribution >= 4 is 0 Å². The van der Waals surface area contributed by atoms with Gasteiger partial charge in [-0.2, -0.15) is 4.91 Å². The molecule has 0 aromatic rings. The van der Waals surface area contributed by atoms with Crippen molar-refractivity contribution in [2.75, 3.05) is 6.61 Å². The summed E-state index contributed by atoms with van der Waals surface area (Å²) >= 11 is 0. The Morgan fingerprint density at radius 2 is 2.19 bits per heavy atom. The molecule has 1 rings (SSSR count). The third kappa shape index (κ3) is 2.26. The van der Waals surface area contributed by atoms with Crippen molar-refractivity contribution in [3.05, 3.63) is 28.1 Å². The number of hydrogen-bond acceptors (Lipinski definition) is 4. The predicted molar refractivity (Wildman–Crippen MR) is 62.9 cm³/mol. The number of nitroso groups, excluding NO2 is 1. The van der Waals surface area contributed by atoms with Crippen molar-refractivity contribution in [2.45, 2.75) is 33.7 Å². The molecule has 0 saturated heterocycles. The van der Waals surface area contributed by atoms with Crippen molar-refractivity contribution in [3.8, 4) is 0 Å². The van der Waals surface area contributed by atoms with E-state index in [9.17, 15) is 10.0 Å². The van der Waals surface area contributed by atoms with E-state index in [-0.39, 0.29) is 17.6 Å². The Morgan fingerprint density at radius 1 is 1.56 bits per heavy atom. The number of rotatable bonds is 4. The topological polar surface area (TPSA) is 58.9 Å². The number of aliphatic hydroxyl groups excluding tert-OH is 1. The second-order valence-corrected chi connectivity index (χ2v) is 4.37. The largest absolute Gasteiger partial charge is 0.508 e. The summed E-state index contributed by atoms with van der Waals surface area (Å²) in [6.07, 6.45) is 1.60. The maximum absolute atomic E-state index is 10.9. The van der Waals surface area contributed by atoms with Gasteiger partial charge in [-0.1, -0.05) is 19.0 Å². The molecule has 0 fully saturated rings. The lowest BCUT2D eigenvalue weighted by molar-refractivity contribution is 0.156.